The molecule has 3 nitrogen and oxygen atoms in total. The van der Waals surface area contributed by atoms with Crippen LogP contribution in [0.5, 0.6) is 0 Å². The summed E-state index contributed by atoms with van der Waals surface area (Å²) in [5, 5.41) is 9.85. The van der Waals surface area contributed by atoms with E-state index in [0.29, 0.717) is 12.3 Å². The highest BCUT2D eigenvalue weighted by Crippen LogP contribution is 2.14. The van der Waals surface area contributed by atoms with Gasteiger partial charge in [0.25, 0.3) is 0 Å². The van der Waals surface area contributed by atoms with Crippen molar-refractivity contribution in [3.63, 3.8) is 0 Å². The van der Waals surface area contributed by atoms with Crippen LogP contribution in [0.4, 0.5) is 0 Å². The highest BCUT2D eigenvalue weighted by atomic mass is 16.3. The third kappa shape index (κ3) is 3.96. The Balaban J connectivity index is 2.48. The molecule has 1 aliphatic rings. The predicted octanol–water partition coefficient (Wildman–Crippen LogP) is 1.99. The summed E-state index contributed by atoms with van der Waals surface area (Å²) in [7, 11) is 4.02. The Kier molecular flexibility index (Phi) is 4.69. The summed E-state index contributed by atoms with van der Waals surface area (Å²) in [6, 6.07) is 0. The molecule has 3 heteroatoms. The van der Waals surface area contributed by atoms with E-state index in [1.165, 1.54) is 12.8 Å². The van der Waals surface area contributed by atoms with Gasteiger partial charge in [0.15, 0.2) is 0 Å². The van der Waals surface area contributed by atoms with Crippen LogP contribution in [-0.4, -0.2) is 48.6 Å². The molecule has 1 heterocycles. The third-order valence-electron chi connectivity index (χ3n) is 2.50. The van der Waals surface area contributed by atoms with Crippen molar-refractivity contribution < 1.29 is 5.11 Å². The van der Waals surface area contributed by atoms with Gasteiger partial charge >= 0.3 is 0 Å². The van der Waals surface area contributed by atoms with Gasteiger partial charge in [0.1, 0.15) is 5.76 Å². The molecule has 0 fully saturated rings. The van der Waals surface area contributed by atoms with E-state index in [9.17, 15) is 5.11 Å². The molecule has 15 heavy (non-hydrogen) atoms. The van der Waals surface area contributed by atoms with Crippen molar-refractivity contribution in [2.45, 2.75) is 19.8 Å². The Labute approximate surface area is 92.7 Å². The fourth-order valence-corrected chi connectivity index (χ4v) is 1.64. The van der Waals surface area contributed by atoms with Gasteiger partial charge in [-0.1, -0.05) is 13.3 Å². The van der Waals surface area contributed by atoms with Gasteiger partial charge in [-0.05, 0) is 32.8 Å². The van der Waals surface area contributed by atoms with Crippen LogP contribution in [-0.2, 0) is 0 Å². The first-order valence-corrected chi connectivity index (χ1v) is 5.61. The summed E-state index contributed by atoms with van der Waals surface area (Å²) >= 11 is 0. The minimum absolute atomic E-state index is 0.516. The minimum atomic E-state index is 0.516. The molecular formula is C12H22N2O. The van der Waals surface area contributed by atoms with Gasteiger partial charge in [-0.15, -0.1) is 0 Å². The summed E-state index contributed by atoms with van der Waals surface area (Å²) < 4.78 is 0. The quantitative estimate of drug-likeness (QED) is 0.751. The molecule has 1 rings (SSSR count). The van der Waals surface area contributed by atoms with Gasteiger partial charge in [-0.25, -0.2) is 0 Å². The maximum absolute atomic E-state index is 9.85. The number of hydrogen-bond donors (Lipinski definition) is 1. The van der Waals surface area contributed by atoms with Crippen molar-refractivity contribution in [2.24, 2.45) is 0 Å². The van der Waals surface area contributed by atoms with Crippen LogP contribution in [0.25, 0.3) is 0 Å². The molecule has 0 saturated carbocycles. The standard InChI is InChI=1S/C12H22N2O/c1-4-5-7-14-8-6-11(9-13(2)3)12(15)10-14/h6,8,15H,4-5,7,9-10H2,1-3H3. The molecule has 0 aliphatic carbocycles. The minimum Gasteiger partial charge on any atom is -0.510 e. The van der Waals surface area contributed by atoms with Gasteiger partial charge in [-0.2, -0.15) is 0 Å². The van der Waals surface area contributed by atoms with Crippen LogP contribution in [0.15, 0.2) is 23.6 Å². The number of likely N-dealkylation sites (N-methyl/N-ethyl adjacent to an activating group) is 1. The van der Waals surface area contributed by atoms with Gasteiger partial charge in [0.05, 0.1) is 6.54 Å². The number of aliphatic hydroxyl groups excluding tert-OH is 1. The molecule has 0 aromatic heterocycles. The fraction of sp³-hybridized carbons (Fsp3) is 0.667. The normalized spacial score (nSPS) is 16.7. The van der Waals surface area contributed by atoms with Gasteiger partial charge in [0.2, 0.25) is 0 Å². The largest absolute Gasteiger partial charge is 0.510 e. The maximum atomic E-state index is 9.85. The monoisotopic (exact) mass is 210 g/mol. The summed E-state index contributed by atoms with van der Waals surface area (Å²) in [5.41, 5.74) is 1.03. The second-order valence-electron chi connectivity index (χ2n) is 4.35. The van der Waals surface area contributed by atoms with Crippen molar-refractivity contribution >= 4 is 0 Å². The molecule has 1 aliphatic heterocycles. The van der Waals surface area contributed by atoms with Gasteiger partial charge < -0.3 is 14.9 Å². The van der Waals surface area contributed by atoms with Crippen LogP contribution in [0.2, 0.25) is 0 Å². The Morgan fingerprint density at radius 1 is 1.47 bits per heavy atom. The smallest absolute Gasteiger partial charge is 0.116 e. The van der Waals surface area contributed by atoms with E-state index in [1.807, 2.05) is 20.2 Å². The molecule has 0 spiro atoms. The average Bonchev–Trinajstić information content (AvgIpc) is 2.18. The second-order valence-corrected chi connectivity index (χ2v) is 4.35. The first-order valence-electron chi connectivity index (χ1n) is 5.61. The molecule has 1 N–H and O–H groups in total. The van der Waals surface area contributed by atoms with E-state index >= 15 is 0 Å². The SMILES string of the molecule is CCCCN1C=CC(CN(C)C)=C(O)C1. The second kappa shape index (κ2) is 5.81. The van der Waals surface area contributed by atoms with E-state index in [0.717, 1.165) is 18.7 Å². The Bertz CT molecular complexity index is 256. The third-order valence-corrected chi connectivity index (χ3v) is 2.50. The van der Waals surface area contributed by atoms with Gasteiger partial charge in [-0.3, -0.25) is 0 Å². The summed E-state index contributed by atoms with van der Waals surface area (Å²) in [5.74, 6) is 0.516. The molecule has 0 aromatic carbocycles. The molecule has 0 amide bonds. The highest BCUT2D eigenvalue weighted by Gasteiger charge is 2.12. The van der Waals surface area contributed by atoms with Crippen molar-refractivity contribution in [2.75, 3.05) is 33.7 Å². The van der Waals surface area contributed by atoms with Crippen molar-refractivity contribution in [1.29, 1.82) is 0 Å². The molecule has 0 atom stereocenters. The summed E-state index contributed by atoms with van der Waals surface area (Å²) in [6.45, 7) is 4.69. The first kappa shape index (κ1) is 12.1. The summed E-state index contributed by atoms with van der Waals surface area (Å²) in [4.78, 5) is 4.23. The number of aliphatic hydroxyl groups is 1. The van der Waals surface area contributed by atoms with Crippen LogP contribution >= 0.6 is 0 Å². The molecule has 0 bridgehead atoms. The van der Waals surface area contributed by atoms with E-state index < -0.39 is 0 Å². The van der Waals surface area contributed by atoms with E-state index in [4.69, 9.17) is 0 Å². The zero-order valence-electron chi connectivity index (χ0n) is 10.0. The lowest BCUT2D eigenvalue weighted by Crippen LogP contribution is -2.27. The Morgan fingerprint density at radius 2 is 2.20 bits per heavy atom. The maximum Gasteiger partial charge on any atom is 0.116 e. The van der Waals surface area contributed by atoms with Crippen LogP contribution in [0.3, 0.4) is 0 Å². The molecule has 86 valence electrons. The number of unbranched alkanes of at least 4 members (excludes halogenated alkanes) is 1. The predicted molar refractivity (Wildman–Crippen MR) is 63.8 cm³/mol. The zero-order chi connectivity index (χ0) is 11.3. The van der Waals surface area contributed by atoms with Crippen LogP contribution in [0.1, 0.15) is 19.8 Å². The molecule has 0 unspecified atom stereocenters. The highest BCUT2D eigenvalue weighted by molar-refractivity contribution is 5.27. The lowest BCUT2D eigenvalue weighted by atomic mass is 10.1. The van der Waals surface area contributed by atoms with Crippen LogP contribution < -0.4 is 0 Å². The number of rotatable bonds is 5. The van der Waals surface area contributed by atoms with Crippen molar-refractivity contribution in [1.82, 2.24) is 9.80 Å². The molecule has 0 saturated heterocycles. The van der Waals surface area contributed by atoms with Gasteiger partial charge in [0, 0.05) is 18.7 Å². The van der Waals surface area contributed by atoms with Crippen LogP contribution in [0, 0.1) is 0 Å². The number of nitrogens with zero attached hydrogens (tertiary/aromatic N) is 2. The molecule has 0 aromatic rings. The average molecular weight is 210 g/mol. The molecular weight excluding hydrogens is 188 g/mol. The van der Waals surface area contributed by atoms with Crippen molar-refractivity contribution in [3.8, 4) is 0 Å². The summed E-state index contributed by atoms with van der Waals surface area (Å²) in [6.07, 6.45) is 6.49. The fourth-order valence-electron chi connectivity index (χ4n) is 1.64. The first-order chi connectivity index (χ1) is 7.13. The molecule has 0 radical (unpaired) electrons. The van der Waals surface area contributed by atoms with E-state index in [-0.39, 0.29) is 0 Å². The van der Waals surface area contributed by atoms with E-state index in [1.54, 1.807) is 0 Å². The topological polar surface area (TPSA) is 26.7 Å². The lowest BCUT2D eigenvalue weighted by molar-refractivity contribution is 0.293. The zero-order valence-corrected chi connectivity index (χ0v) is 10.0. The Morgan fingerprint density at radius 3 is 2.73 bits per heavy atom. The van der Waals surface area contributed by atoms with Crippen molar-refractivity contribution in [3.05, 3.63) is 23.6 Å². The van der Waals surface area contributed by atoms with E-state index in [2.05, 4.69) is 22.9 Å². The lowest BCUT2D eigenvalue weighted by Gasteiger charge is -2.25. The Hall–Kier alpha value is -0.960. The number of hydrogen-bond acceptors (Lipinski definition) is 3.